The van der Waals surface area contributed by atoms with Gasteiger partial charge in [-0.2, -0.15) is 27.7 Å². The summed E-state index contributed by atoms with van der Waals surface area (Å²) in [5.74, 6) is 0.927. The third-order valence-corrected chi connectivity index (χ3v) is 12.1. The van der Waals surface area contributed by atoms with E-state index < -0.39 is 22.6 Å². The molecule has 2 N–H and O–H groups in total. The SMILES string of the molecule is CNc1nc(NC2CCN(Cc3ccc4c(cc(C#N)n4C[C@@H](C)N4CCN(S(C)(=O)=O)CC4)c3C)CC2)c2cc(CC(F)(F)F)sc2n1. The van der Waals surface area contributed by atoms with E-state index in [1.54, 1.807) is 13.1 Å². The van der Waals surface area contributed by atoms with Gasteiger partial charge in [0.1, 0.15) is 22.4 Å². The van der Waals surface area contributed by atoms with Gasteiger partial charge in [-0.15, -0.1) is 11.3 Å². The summed E-state index contributed by atoms with van der Waals surface area (Å²) in [6, 6.07) is 10.4. The Morgan fingerprint density at radius 3 is 2.43 bits per heavy atom. The molecule has 49 heavy (non-hydrogen) atoms. The van der Waals surface area contributed by atoms with Crippen molar-refractivity contribution < 1.29 is 21.6 Å². The van der Waals surface area contributed by atoms with E-state index in [0.717, 1.165) is 60.3 Å². The molecule has 4 aromatic rings. The Kier molecular flexibility index (Phi) is 10.1. The van der Waals surface area contributed by atoms with Crippen molar-refractivity contribution in [2.24, 2.45) is 0 Å². The fourth-order valence-corrected chi connectivity index (χ4v) is 8.87. The van der Waals surface area contributed by atoms with Gasteiger partial charge in [0, 0.05) is 87.3 Å². The number of hydrogen-bond acceptors (Lipinski definition) is 10. The van der Waals surface area contributed by atoms with Gasteiger partial charge in [-0.25, -0.2) is 13.4 Å². The minimum absolute atomic E-state index is 0.122. The number of hydrogen-bond donors (Lipinski definition) is 2. The zero-order valence-corrected chi connectivity index (χ0v) is 29.8. The molecule has 0 radical (unpaired) electrons. The predicted octanol–water partition coefficient (Wildman–Crippen LogP) is 5.01. The van der Waals surface area contributed by atoms with Crippen LogP contribution < -0.4 is 10.6 Å². The van der Waals surface area contributed by atoms with Gasteiger partial charge in [0.15, 0.2) is 0 Å². The number of sulfonamides is 1. The van der Waals surface area contributed by atoms with Gasteiger partial charge < -0.3 is 15.2 Å². The molecule has 6 rings (SSSR count). The van der Waals surface area contributed by atoms with Crippen LogP contribution in [0.15, 0.2) is 24.3 Å². The van der Waals surface area contributed by atoms with E-state index in [4.69, 9.17) is 0 Å². The molecule has 3 aromatic heterocycles. The average molecular weight is 718 g/mol. The minimum Gasteiger partial charge on any atom is -0.367 e. The van der Waals surface area contributed by atoms with Crippen molar-refractivity contribution in [3.63, 3.8) is 0 Å². The quantitative estimate of drug-likeness (QED) is 0.233. The molecule has 1 atom stereocenters. The number of benzene rings is 1. The number of aromatic nitrogens is 3. The minimum atomic E-state index is -4.29. The van der Waals surface area contributed by atoms with Crippen molar-refractivity contribution in [3.05, 3.63) is 46.0 Å². The Balaban J connectivity index is 1.10. The van der Waals surface area contributed by atoms with Crippen LogP contribution in [0.25, 0.3) is 21.1 Å². The van der Waals surface area contributed by atoms with Gasteiger partial charge in [0.05, 0.1) is 18.1 Å². The topological polar surface area (TPSA) is 122 Å². The second-order valence-corrected chi connectivity index (χ2v) is 16.2. The van der Waals surface area contributed by atoms with Crippen molar-refractivity contribution in [1.82, 2.24) is 28.6 Å². The van der Waals surface area contributed by atoms with Crippen LogP contribution in [0.1, 0.15) is 41.5 Å². The highest BCUT2D eigenvalue weighted by atomic mass is 32.2. The molecule has 2 aliphatic rings. The zero-order valence-electron chi connectivity index (χ0n) is 28.1. The van der Waals surface area contributed by atoms with Crippen LogP contribution in [0, 0.1) is 18.3 Å². The predicted molar refractivity (Wildman–Crippen MR) is 187 cm³/mol. The maximum atomic E-state index is 13.1. The molecule has 0 aliphatic carbocycles. The lowest BCUT2D eigenvalue weighted by molar-refractivity contribution is -0.126. The lowest BCUT2D eigenvalue weighted by atomic mass is 10.0. The Hall–Kier alpha value is -3.49. The summed E-state index contributed by atoms with van der Waals surface area (Å²) in [7, 11) is -1.51. The van der Waals surface area contributed by atoms with Gasteiger partial charge in [0.25, 0.3) is 0 Å². The van der Waals surface area contributed by atoms with Gasteiger partial charge in [-0.05, 0) is 56.0 Å². The molecule has 0 amide bonds. The molecule has 0 saturated carbocycles. The van der Waals surface area contributed by atoms with Crippen LogP contribution in [-0.2, 0) is 29.5 Å². The van der Waals surface area contributed by atoms with E-state index in [2.05, 4.69) is 67.0 Å². The molecule has 2 aliphatic heterocycles. The highest BCUT2D eigenvalue weighted by Gasteiger charge is 2.30. The first-order chi connectivity index (χ1) is 23.2. The molecule has 0 bridgehead atoms. The van der Waals surface area contributed by atoms with Crippen LogP contribution in [0.3, 0.4) is 0 Å². The maximum Gasteiger partial charge on any atom is 0.393 e. The normalized spacial score (nSPS) is 18.2. The number of nitrogens with one attached hydrogen (secondary N) is 2. The van der Waals surface area contributed by atoms with Gasteiger partial charge in [-0.1, -0.05) is 6.07 Å². The van der Waals surface area contributed by atoms with Gasteiger partial charge in [-0.3, -0.25) is 9.80 Å². The third kappa shape index (κ3) is 7.96. The number of halogens is 3. The summed E-state index contributed by atoms with van der Waals surface area (Å²) in [5.41, 5.74) is 3.99. The summed E-state index contributed by atoms with van der Waals surface area (Å²) in [6.45, 7) is 9.59. The molecular formula is C33H42F3N9O2S2. The van der Waals surface area contributed by atoms with Crippen LogP contribution in [0.2, 0.25) is 0 Å². The molecule has 11 nitrogen and oxygen atoms in total. The number of thiophene rings is 1. The van der Waals surface area contributed by atoms with Crippen molar-refractivity contribution in [3.8, 4) is 6.07 Å². The van der Waals surface area contributed by atoms with Crippen LogP contribution in [0.5, 0.6) is 0 Å². The number of piperazine rings is 1. The van der Waals surface area contributed by atoms with E-state index in [1.165, 1.54) is 16.1 Å². The van der Waals surface area contributed by atoms with Crippen LogP contribution in [-0.4, -0.2) is 108 Å². The second kappa shape index (κ2) is 14.0. The molecule has 5 heterocycles. The summed E-state index contributed by atoms with van der Waals surface area (Å²) < 4.78 is 66.7. The van der Waals surface area contributed by atoms with E-state index in [-0.39, 0.29) is 17.0 Å². The van der Waals surface area contributed by atoms with Crippen molar-refractivity contribution in [2.45, 2.75) is 64.5 Å². The van der Waals surface area contributed by atoms with Crippen LogP contribution >= 0.6 is 11.3 Å². The van der Waals surface area contributed by atoms with Gasteiger partial charge in [0.2, 0.25) is 16.0 Å². The number of likely N-dealkylation sites (tertiary alicyclic amines) is 1. The largest absolute Gasteiger partial charge is 0.393 e. The van der Waals surface area contributed by atoms with E-state index in [1.807, 2.05) is 6.07 Å². The molecule has 0 unspecified atom stereocenters. The molecule has 2 saturated heterocycles. The number of aryl methyl sites for hydroxylation is 1. The number of piperidine rings is 1. The number of nitriles is 1. The summed E-state index contributed by atoms with van der Waals surface area (Å²) in [4.78, 5) is 14.4. The summed E-state index contributed by atoms with van der Waals surface area (Å²) in [6.07, 6.45) is -2.32. The first-order valence-electron chi connectivity index (χ1n) is 16.5. The number of alkyl halides is 3. The fraction of sp³-hybridized carbons (Fsp3) is 0.545. The number of nitrogens with zero attached hydrogens (tertiary/aromatic N) is 7. The third-order valence-electron chi connectivity index (χ3n) is 9.76. The van der Waals surface area contributed by atoms with Crippen molar-refractivity contribution in [2.75, 3.05) is 63.2 Å². The molecule has 264 valence electrons. The van der Waals surface area contributed by atoms with Crippen LogP contribution in [0.4, 0.5) is 24.9 Å². The number of rotatable bonds is 10. The monoisotopic (exact) mass is 717 g/mol. The van der Waals surface area contributed by atoms with Gasteiger partial charge >= 0.3 is 6.18 Å². The zero-order chi connectivity index (χ0) is 35.1. The van der Waals surface area contributed by atoms with Crippen molar-refractivity contribution in [1.29, 1.82) is 5.26 Å². The Morgan fingerprint density at radius 1 is 1.08 bits per heavy atom. The molecule has 0 spiro atoms. The second-order valence-electron chi connectivity index (χ2n) is 13.1. The van der Waals surface area contributed by atoms with E-state index in [0.29, 0.717) is 60.4 Å². The number of fused-ring (bicyclic) bond motifs is 2. The lowest BCUT2D eigenvalue weighted by Gasteiger charge is -2.37. The average Bonchev–Trinajstić information content (AvgIpc) is 3.62. The maximum absolute atomic E-state index is 13.1. The first kappa shape index (κ1) is 35.3. The van der Waals surface area contributed by atoms with E-state index >= 15 is 0 Å². The van der Waals surface area contributed by atoms with Crippen molar-refractivity contribution >= 4 is 54.2 Å². The fourth-order valence-electron chi connectivity index (χ4n) is 6.99. The Labute approximate surface area is 288 Å². The van der Waals surface area contributed by atoms with E-state index in [9.17, 15) is 26.9 Å². The molecule has 2 fully saturated rings. The summed E-state index contributed by atoms with van der Waals surface area (Å²) in [5, 5.41) is 18.1. The first-order valence-corrected chi connectivity index (χ1v) is 19.1. The highest BCUT2D eigenvalue weighted by molar-refractivity contribution is 7.88. The lowest BCUT2D eigenvalue weighted by Crippen LogP contribution is -2.51. The summed E-state index contributed by atoms with van der Waals surface area (Å²) >= 11 is 1.05. The Bertz CT molecular complexity index is 1970. The number of anilines is 2. The Morgan fingerprint density at radius 2 is 1.80 bits per heavy atom. The highest BCUT2D eigenvalue weighted by Crippen LogP contribution is 2.35. The molecule has 1 aromatic carbocycles. The molecule has 16 heteroatoms. The smallest absolute Gasteiger partial charge is 0.367 e. The molecular weight excluding hydrogens is 676 g/mol. The standard InChI is InChI=1S/C33H42F3N9O2S2/c1-21(43-11-13-44(14-12-43)49(4,46)47)19-45-25(18-37)15-27-22(2)23(5-6-29(27)45)20-42-9-7-24(8-10-42)39-30-28-16-26(17-33(34,35)36)48-31(28)41-32(38-3)40-30/h5-6,15-16,21,24H,7-14,17,19-20H2,1-4H3,(H2,38,39,40,41)/t21-/m1/s1.